The van der Waals surface area contributed by atoms with Crippen molar-refractivity contribution in [1.82, 2.24) is 9.97 Å². The topological polar surface area (TPSA) is 132 Å². The molecule has 0 saturated carbocycles. The first kappa shape index (κ1) is 28.1. The van der Waals surface area contributed by atoms with E-state index in [0.29, 0.717) is 11.0 Å². The molecule has 0 radical (unpaired) electrons. The molecule has 2 heterocycles. The Morgan fingerprint density at radius 3 is 1.56 bits per heavy atom. The monoisotopic (exact) mass is 494 g/mol. The molecule has 0 unspecified atom stereocenters. The Morgan fingerprint density at radius 2 is 1.14 bits per heavy atom. The zero-order chi connectivity index (χ0) is 25.5. The molecule has 2 aromatic heterocycles. The summed E-state index contributed by atoms with van der Waals surface area (Å²) < 4.78 is 0. The van der Waals surface area contributed by atoms with Crippen LogP contribution in [-0.2, 0) is 0 Å². The SMILES string of the molecule is Cc1ccc([O-])c(C(=O)O)c1.Cc1ccc2cccc([O-])c2n1.Cc1ccc2cccc([O-])c2n1.[Al+3]. The van der Waals surface area contributed by atoms with Crippen molar-refractivity contribution in [1.29, 1.82) is 0 Å². The Morgan fingerprint density at radius 1 is 0.667 bits per heavy atom. The molecule has 8 heteroatoms. The Balaban J connectivity index is 0.000000188. The predicted octanol–water partition coefficient (Wildman–Crippen LogP) is 3.62. The van der Waals surface area contributed by atoms with Crippen LogP contribution in [0.4, 0.5) is 0 Å². The minimum Gasteiger partial charge on any atom is -0.872 e. The fraction of sp³-hybridized carbons (Fsp3) is 0.107. The minimum absolute atomic E-state index is 0. The molecule has 0 aliphatic carbocycles. The van der Waals surface area contributed by atoms with Crippen LogP contribution in [0.5, 0.6) is 17.2 Å². The molecule has 5 aromatic rings. The average Bonchev–Trinajstić information content (AvgIpc) is 2.82. The molecule has 7 nitrogen and oxygen atoms in total. The Labute approximate surface area is 219 Å². The van der Waals surface area contributed by atoms with Crippen molar-refractivity contribution in [3.05, 3.63) is 101 Å². The number of fused-ring (bicyclic) bond motifs is 2. The second-order valence-corrected chi connectivity index (χ2v) is 7.87. The van der Waals surface area contributed by atoms with Gasteiger partial charge in [0.1, 0.15) is 0 Å². The van der Waals surface area contributed by atoms with Crippen LogP contribution >= 0.6 is 0 Å². The molecule has 0 spiro atoms. The molecule has 0 aliphatic rings. The van der Waals surface area contributed by atoms with Gasteiger partial charge in [-0.05, 0) is 49.7 Å². The zero-order valence-electron chi connectivity index (χ0n) is 20.1. The Kier molecular flexibility index (Phi) is 9.80. The standard InChI is InChI=1S/2C10H9NO.C8H8O3.Al/c2*1-7-5-6-8-3-2-4-9(12)10(8)11-7;1-5-2-3-7(9)6(4-5)8(10)11;/h2*2-6,12H,1H3;2-4,9H,1H3,(H,10,11);/q;;;+3/p-3. The fourth-order valence-electron chi connectivity index (χ4n) is 3.25. The Bertz CT molecular complexity index is 1420. The number of carbonyl (C=O) groups is 1. The number of hydrogen-bond acceptors (Lipinski definition) is 6. The summed E-state index contributed by atoms with van der Waals surface area (Å²) in [7, 11) is 0. The van der Waals surface area contributed by atoms with Gasteiger partial charge < -0.3 is 20.4 Å². The van der Waals surface area contributed by atoms with E-state index in [4.69, 9.17) is 5.11 Å². The quantitative estimate of drug-likeness (QED) is 0.352. The number of benzene rings is 3. The van der Waals surface area contributed by atoms with Crippen molar-refractivity contribution < 1.29 is 25.2 Å². The van der Waals surface area contributed by atoms with E-state index in [0.717, 1.165) is 27.7 Å². The molecular formula is C28H23AlN2O5. The number of carboxylic acids is 1. The molecule has 0 atom stereocenters. The van der Waals surface area contributed by atoms with Crippen LogP contribution in [-0.4, -0.2) is 38.4 Å². The van der Waals surface area contributed by atoms with E-state index in [2.05, 4.69) is 9.97 Å². The van der Waals surface area contributed by atoms with Crippen LogP contribution < -0.4 is 15.3 Å². The summed E-state index contributed by atoms with van der Waals surface area (Å²) in [5.74, 6) is -1.62. The second kappa shape index (κ2) is 12.5. The van der Waals surface area contributed by atoms with E-state index >= 15 is 0 Å². The molecule has 0 saturated heterocycles. The normalized spacial score (nSPS) is 9.86. The molecule has 178 valence electrons. The summed E-state index contributed by atoms with van der Waals surface area (Å²) in [6.45, 7) is 5.50. The van der Waals surface area contributed by atoms with Gasteiger partial charge in [0.25, 0.3) is 0 Å². The third-order valence-electron chi connectivity index (χ3n) is 5.01. The maximum Gasteiger partial charge on any atom is 3.00 e. The molecule has 0 bridgehead atoms. The van der Waals surface area contributed by atoms with E-state index in [1.54, 1.807) is 25.1 Å². The number of aromatic nitrogens is 2. The Hall–Kier alpha value is -4.12. The number of para-hydroxylation sites is 2. The van der Waals surface area contributed by atoms with Crippen LogP contribution in [0.1, 0.15) is 27.3 Å². The first-order valence-electron chi connectivity index (χ1n) is 10.7. The van der Waals surface area contributed by atoms with E-state index in [-0.39, 0.29) is 34.4 Å². The van der Waals surface area contributed by atoms with Crippen LogP contribution in [0.15, 0.2) is 78.9 Å². The number of aryl methyl sites for hydroxylation is 3. The number of rotatable bonds is 1. The zero-order valence-corrected chi connectivity index (χ0v) is 21.2. The predicted molar refractivity (Wildman–Crippen MR) is 135 cm³/mol. The van der Waals surface area contributed by atoms with Crippen molar-refractivity contribution in [2.24, 2.45) is 0 Å². The first-order chi connectivity index (χ1) is 16.7. The molecule has 0 fully saturated rings. The number of aromatic carboxylic acids is 1. The van der Waals surface area contributed by atoms with Gasteiger partial charge in [0.15, 0.2) is 0 Å². The van der Waals surface area contributed by atoms with Crippen molar-refractivity contribution in [3.8, 4) is 17.2 Å². The summed E-state index contributed by atoms with van der Waals surface area (Å²) >= 11 is 0. The van der Waals surface area contributed by atoms with Crippen molar-refractivity contribution in [2.75, 3.05) is 0 Å². The largest absolute Gasteiger partial charge is 3.00 e. The number of nitrogens with zero attached hydrogens (tertiary/aromatic N) is 2. The third-order valence-corrected chi connectivity index (χ3v) is 5.01. The number of pyridine rings is 2. The van der Waals surface area contributed by atoms with Gasteiger partial charge in [-0.15, -0.1) is 0 Å². The first-order valence-corrected chi connectivity index (χ1v) is 10.7. The maximum absolute atomic E-state index is 11.3. The summed E-state index contributed by atoms with van der Waals surface area (Å²) in [5, 5.41) is 43.7. The summed E-state index contributed by atoms with van der Waals surface area (Å²) in [6, 6.07) is 22.2. The molecular weight excluding hydrogens is 471 g/mol. The molecule has 0 amide bonds. The van der Waals surface area contributed by atoms with Crippen molar-refractivity contribution >= 4 is 45.1 Å². The van der Waals surface area contributed by atoms with Crippen molar-refractivity contribution in [3.63, 3.8) is 0 Å². The van der Waals surface area contributed by atoms with Crippen LogP contribution in [0, 0.1) is 20.8 Å². The molecule has 1 N–H and O–H groups in total. The van der Waals surface area contributed by atoms with Gasteiger partial charge in [-0.3, -0.25) is 9.97 Å². The van der Waals surface area contributed by atoms with E-state index in [9.17, 15) is 20.1 Å². The van der Waals surface area contributed by atoms with Gasteiger partial charge in [0, 0.05) is 11.4 Å². The van der Waals surface area contributed by atoms with Crippen LogP contribution in [0.3, 0.4) is 0 Å². The average molecular weight is 494 g/mol. The fourth-order valence-corrected chi connectivity index (χ4v) is 3.25. The third kappa shape index (κ3) is 7.19. The van der Waals surface area contributed by atoms with Gasteiger partial charge in [-0.1, -0.05) is 83.5 Å². The van der Waals surface area contributed by atoms with Gasteiger partial charge in [-0.25, -0.2) is 4.79 Å². The second-order valence-electron chi connectivity index (χ2n) is 7.87. The number of carboxylic acid groups (broad SMARTS) is 1. The number of hydrogen-bond donors (Lipinski definition) is 1. The summed E-state index contributed by atoms with van der Waals surface area (Å²) in [6.07, 6.45) is 0. The minimum atomic E-state index is -1.17. The van der Waals surface area contributed by atoms with Gasteiger partial charge >= 0.3 is 23.3 Å². The van der Waals surface area contributed by atoms with Gasteiger partial charge in [-0.2, -0.15) is 0 Å². The molecule has 0 aliphatic heterocycles. The molecule has 36 heavy (non-hydrogen) atoms. The van der Waals surface area contributed by atoms with E-state index in [1.807, 2.05) is 50.2 Å². The van der Waals surface area contributed by atoms with E-state index in [1.165, 1.54) is 24.3 Å². The van der Waals surface area contributed by atoms with Crippen LogP contribution in [0.2, 0.25) is 0 Å². The summed E-state index contributed by atoms with van der Waals surface area (Å²) in [4.78, 5) is 18.7. The molecule has 3 aromatic carbocycles. The summed E-state index contributed by atoms with van der Waals surface area (Å²) in [5.41, 5.74) is 3.51. The smallest absolute Gasteiger partial charge is 0.872 e. The van der Waals surface area contributed by atoms with Gasteiger partial charge in [0.05, 0.1) is 16.6 Å². The van der Waals surface area contributed by atoms with Crippen LogP contribution in [0.25, 0.3) is 21.8 Å². The van der Waals surface area contributed by atoms with E-state index < -0.39 is 11.7 Å². The molecule has 5 rings (SSSR count). The van der Waals surface area contributed by atoms with Crippen molar-refractivity contribution in [2.45, 2.75) is 20.8 Å². The maximum atomic E-state index is 11.3. The van der Waals surface area contributed by atoms with Gasteiger partial charge in [0.2, 0.25) is 0 Å².